The topological polar surface area (TPSA) is 97.0 Å². The molecule has 1 aliphatic rings. The molecule has 1 aliphatic heterocycles. The van der Waals surface area contributed by atoms with Crippen molar-refractivity contribution in [3.05, 3.63) is 92.1 Å². The highest BCUT2D eigenvalue weighted by atomic mass is 32.1. The summed E-state index contributed by atoms with van der Waals surface area (Å²) in [7, 11) is 0. The van der Waals surface area contributed by atoms with Gasteiger partial charge in [0, 0.05) is 41.7 Å². The van der Waals surface area contributed by atoms with E-state index in [0.29, 0.717) is 36.4 Å². The van der Waals surface area contributed by atoms with Crippen molar-refractivity contribution in [1.29, 1.82) is 0 Å². The Hall–Kier alpha value is -3.85. The van der Waals surface area contributed by atoms with E-state index < -0.39 is 5.76 Å². The van der Waals surface area contributed by atoms with Crippen LogP contribution in [0.15, 0.2) is 62.6 Å². The van der Waals surface area contributed by atoms with Crippen LogP contribution < -0.4 is 11.3 Å². The molecule has 2 aromatic heterocycles. The maximum atomic E-state index is 14.0. The Labute approximate surface area is 245 Å². The van der Waals surface area contributed by atoms with E-state index in [4.69, 9.17) is 21.7 Å². The van der Waals surface area contributed by atoms with Crippen molar-refractivity contribution in [2.24, 2.45) is 0 Å². The second-order valence-corrected chi connectivity index (χ2v) is 11.5. The summed E-state index contributed by atoms with van der Waals surface area (Å²) >= 11 is 5.87. The summed E-state index contributed by atoms with van der Waals surface area (Å²) in [5, 5.41) is 3.86. The fourth-order valence-corrected chi connectivity index (χ4v) is 6.34. The number of H-pyrrole nitrogens is 1. The zero-order valence-electron chi connectivity index (χ0n) is 24.1. The van der Waals surface area contributed by atoms with Crippen molar-refractivity contribution in [1.82, 2.24) is 24.6 Å². The van der Waals surface area contributed by atoms with Crippen LogP contribution in [0.2, 0.25) is 0 Å². The molecule has 2 unspecified atom stereocenters. The number of aryl methyl sites for hydroxylation is 2. The van der Waals surface area contributed by atoms with Gasteiger partial charge in [0.25, 0.3) is 5.56 Å². The van der Waals surface area contributed by atoms with E-state index in [1.165, 1.54) is 0 Å². The number of rotatable bonds is 9. The maximum absolute atomic E-state index is 14.0. The third-order valence-corrected chi connectivity index (χ3v) is 8.45. The molecule has 4 aromatic rings. The largest absolute Gasteiger partial charge is 0.439 e. The third kappa shape index (κ3) is 6.10. The lowest BCUT2D eigenvalue weighted by atomic mass is 9.98. The molecule has 41 heavy (non-hydrogen) atoms. The minimum absolute atomic E-state index is 0.00475. The van der Waals surface area contributed by atoms with Crippen molar-refractivity contribution in [3.63, 3.8) is 0 Å². The molecule has 0 spiro atoms. The number of benzene rings is 2. The normalized spacial score (nSPS) is 16.8. The number of aromatic nitrogens is 4. The average molecular weight is 572 g/mol. The third-order valence-electron chi connectivity index (χ3n) is 8.10. The van der Waals surface area contributed by atoms with Crippen molar-refractivity contribution in [2.45, 2.75) is 84.8 Å². The van der Waals surface area contributed by atoms with Gasteiger partial charge in [-0.25, -0.2) is 9.78 Å². The molecule has 0 aliphatic carbocycles. The van der Waals surface area contributed by atoms with E-state index in [2.05, 4.69) is 35.8 Å². The molecule has 2 atom stereocenters. The van der Waals surface area contributed by atoms with Gasteiger partial charge in [0.1, 0.15) is 5.82 Å². The number of hydrogen-bond donors (Lipinski definition) is 1. The van der Waals surface area contributed by atoms with E-state index in [9.17, 15) is 9.59 Å². The quantitative estimate of drug-likeness (QED) is 0.258. The molecule has 0 bridgehead atoms. The Morgan fingerprint density at radius 1 is 1.05 bits per heavy atom. The van der Waals surface area contributed by atoms with Gasteiger partial charge in [-0.2, -0.15) is 0 Å². The van der Waals surface area contributed by atoms with Gasteiger partial charge < -0.3 is 4.90 Å². The molecule has 0 saturated carbocycles. The second-order valence-electron chi connectivity index (χ2n) is 11.0. The lowest BCUT2D eigenvalue weighted by molar-refractivity contribution is 0.346. The Kier molecular flexibility index (Phi) is 8.63. The molecule has 0 radical (unpaired) electrons. The van der Waals surface area contributed by atoms with E-state index in [1.807, 2.05) is 60.0 Å². The molecule has 8 nitrogen and oxygen atoms in total. The Morgan fingerprint density at radius 2 is 1.73 bits per heavy atom. The molecule has 0 amide bonds. The Bertz CT molecular complexity index is 1640. The second kappa shape index (κ2) is 12.3. The van der Waals surface area contributed by atoms with Crippen molar-refractivity contribution in [2.75, 3.05) is 0 Å². The molecule has 1 saturated heterocycles. The summed E-state index contributed by atoms with van der Waals surface area (Å²) in [6.45, 7) is 8.93. The Balaban J connectivity index is 1.45. The van der Waals surface area contributed by atoms with Gasteiger partial charge in [-0.15, -0.1) is 0 Å². The first-order valence-corrected chi connectivity index (χ1v) is 14.8. The highest BCUT2D eigenvalue weighted by Gasteiger charge is 2.30. The summed E-state index contributed by atoms with van der Waals surface area (Å²) in [6.07, 6.45) is 5.42. The maximum Gasteiger partial charge on any atom is 0.439 e. The van der Waals surface area contributed by atoms with E-state index >= 15 is 0 Å². The van der Waals surface area contributed by atoms with Gasteiger partial charge in [-0.05, 0) is 56.7 Å². The molecular weight excluding hydrogens is 534 g/mol. The van der Waals surface area contributed by atoms with Crippen molar-refractivity contribution >= 4 is 17.2 Å². The van der Waals surface area contributed by atoms with Crippen LogP contribution in [0.25, 0.3) is 22.5 Å². The minimum atomic E-state index is -0.592. The highest BCUT2D eigenvalue weighted by Crippen LogP contribution is 2.30. The van der Waals surface area contributed by atoms with E-state index in [1.54, 1.807) is 0 Å². The van der Waals surface area contributed by atoms with Crippen LogP contribution in [0.3, 0.4) is 0 Å². The fourth-order valence-electron chi connectivity index (χ4n) is 5.84. The standard InChI is InChI=1S/C32H37N5O3S/c1-5-6-11-28-33-22(4)27(18-29(41)37-20(2)12-13-21(37)3)31(38)36(28)19-23-14-16-24(17-15-23)25-9-7-8-10-26(25)30-34-32(39)40-35-30/h7-10,14-17,20-21H,5-6,11-13,18-19H2,1-4H3,(H,34,35,39). The molecule has 214 valence electrons. The summed E-state index contributed by atoms with van der Waals surface area (Å²) in [5.41, 5.74) is 5.12. The van der Waals surface area contributed by atoms with E-state index in [0.717, 1.165) is 70.9 Å². The lowest BCUT2D eigenvalue weighted by Gasteiger charge is -2.29. The van der Waals surface area contributed by atoms with Gasteiger partial charge in [0.05, 0.1) is 11.5 Å². The van der Waals surface area contributed by atoms with Crippen molar-refractivity contribution in [3.8, 4) is 22.5 Å². The zero-order valence-corrected chi connectivity index (χ0v) is 25.0. The number of thiocarbonyl (C=S) groups is 1. The summed E-state index contributed by atoms with van der Waals surface area (Å²) in [6, 6.07) is 16.6. The van der Waals surface area contributed by atoms with Gasteiger partial charge in [-0.1, -0.05) is 79.3 Å². The number of aromatic amines is 1. The molecule has 2 aromatic carbocycles. The molecule has 1 fully saturated rings. The monoisotopic (exact) mass is 571 g/mol. The smallest absolute Gasteiger partial charge is 0.360 e. The van der Waals surface area contributed by atoms with Crippen LogP contribution in [0.5, 0.6) is 0 Å². The van der Waals surface area contributed by atoms with Gasteiger partial charge in [-0.3, -0.25) is 18.9 Å². The first kappa shape index (κ1) is 28.7. The zero-order chi connectivity index (χ0) is 29.1. The predicted molar refractivity (Wildman–Crippen MR) is 165 cm³/mol. The fraction of sp³-hybridized carbons (Fsp3) is 0.406. The predicted octanol–water partition coefficient (Wildman–Crippen LogP) is 5.70. The van der Waals surface area contributed by atoms with Crippen LogP contribution in [0.1, 0.15) is 69.1 Å². The minimum Gasteiger partial charge on any atom is -0.360 e. The number of nitrogens with zero attached hydrogens (tertiary/aromatic N) is 4. The molecule has 3 heterocycles. The average Bonchev–Trinajstić information content (AvgIpc) is 3.56. The lowest BCUT2D eigenvalue weighted by Crippen LogP contribution is -2.40. The number of hydrogen-bond acceptors (Lipinski definition) is 6. The van der Waals surface area contributed by atoms with Gasteiger partial charge in [0.2, 0.25) is 0 Å². The molecule has 5 rings (SSSR count). The summed E-state index contributed by atoms with van der Waals surface area (Å²) in [4.78, 5) is 36.2. The van der Waals surface area contributed by atoms with Crippen molar-refractivity contribution < 1.29 is 4.52 Å². The van der Waals surface area contributed by atoms with Crippen LogP contribution >= 0.6 is 12.2 Å². The summed E-state index contributed by atoms with van der Waals surface area (Å²) in [5.74, 6) is 0.609. The molecule has 9 heteroatoms. The first-order valence-electron chi connectivity index (χ1n) is 14.4. The molecular formula is C32H37N5O3S. The first-order chi connectivity index (χ1) is 19.8. The number of likely N-dealkylation sites (tertiary alicyclic amines) is 1. The van der Waals surface area contributed by atoms with E-state index in [-0.39, 0.29) is 5.56 Å². The SMILES string of the molecule is CCCCc1nc(C)c(CC(=S)N2C(C)CCC2C)c(=O)n1Cc1ccc(-c2ccccc2-c2noc(=O)[nH]2)cc1. The Morgan fingerprint density at radius 3 is 2.37 bits per heavy atom. The number of nitrogens with one attached hydrogen (secondary N) is 1. The van der Waals surface area contributed by atoms with Crippen LogP contribution in [-0.4, -0.2) is 41.7 Å². The van der Waals surface area contributed by atoms with Crippen LogP contribution in [-0.2, 0) is 19.4 Å². The van der Waals surface area contributed by atoms with Crippen LogP contribution in [0, 0.1) is 6.92 Å². The summed E-state index contributed by atoms with van der Waals surface area (Å²) < 4.78 is 6.55. The van der Waals surface area contributed by atoms with Crippen LogP contribution in [0.4, 0.5) is 0 Å². The highest BCUT2D eigenvalue weighted by molar-refractivity contribution is 7.80. The van der Waals surface area contributed by atoms with Gasteiger partial charge >= 0.3 is 5.76 Å². The number of unbranched alkanes of at least 4 members (excludes halogenated alkanes) is 1. The van der Waals surface area contributed by atoms with Gasteiger partial charge in [0.15, 0.2) is 5.82 Å². The molecule has 1 N–H and O–H groups in total.